The number of nitrogens with one attached hydrogen (secondary N) is 1. The normalized spacial score (nSPS) is 11.3. The van der Waals surface area contributed by atoms with E-state index in [2.05, 4.69) is 26.2 Å². The number of oxazole rings is 1. The molecule has 0 saturated heterocycles. The van der Waals surface area contributed by atoms with E-state index in [9.17, 15) is 8.42 Å². The van der Waals surface area contributed by atoms with Crippen molar-refractivity contribution in [2.24, 2.45) is 0 Å². The fourth-order valence-corrected chi connectivity index (χ4v) is 4.63. The summed E-state index contributed by atoms with van der Waals surface area (Å²) in [6, 6.07) is 23.2. The Bertz CT molecular complexity index is 1290. The van der Waals surface area contributed by atoms with Gasteiger partial charge in [0.05, 0.1) is 11.5 Å². The van der Waals surface area contributed by atoms with Crippen molar-refractivity contribution >= 4 is 31.7 Å². The Morgan fingerprint density at radius 2 is 1.66 bits per heavy atom. The number of sulfone groups is 1. The summed E-state index contributed by atoms with van der Waals surface area (Å²) in [6.07, 6.45) is 0. The molecule has 1 heterocycles. The number of anilines is 1. The third-order valence-electron chi connectivity index (χ3n) is 4.68. The molecule has 0 spiro atoms. The van der Waals surface area contributed by atoms with Gasteiger partial charge in [0.2, 0.25) is 26.6 Å². The molecule has 0 aliphatic heterocycles. The van der Waals surface area contributed by atoms with Crippen molar-refractivity contribution in [1.82, 2.24) is 4.98 Å². The topological polar surface area (TPSA) is 81.4 Å². The van der Waals surface area contributed by atoms with Gasteiger partial charge in [0, 0.05) is 16.6 Å². The number of rotatable bonds is 8. The molecule has 164 valence electrons. The van der Waals surface area contributed by atoms with E-state index in [1.165, 1.54) is 12.1 Å². The first kappa shape index (κ1) is 22.1. The molecule has 0 bridgehead atoms. The number of hydrogen-bond donors (Lipinski definition) is 1. The van der Waals surface area contributed by atoms with Gasteiger partial charge >= 0.3 is 0 Å². The van der Waals surface area contributed by atoms with Crippen LogP contribution in [0.1, 0.15) is 12.5 Å². The van der Waals surface area contributed by atoms with Crippen LogP contribution in [-0.2, 0) is 16.4 Å². The van der Waals surface area contributed by atoms with Crippen molar-refractivity contribution in [2.75, 3.05) is 11.9 Å². The second kappa shape index (κ2) is 9.58. The van der Waals surface area contributed by atoms with Crippen molar-refractivity contribution in [3.05, 3.63) is 88.9 Å². The molecule has 0 aliphatic rings. The van der Waals surface area contributed by atoms with E-state index in [1.54, 1.807) is 36.4 Å². The molecule has 32 heavy (non-hydrogen) atoms. The second-order valence-corrected chi connectivity index (χ2v) is 9.69. The van der Waals surface area contributed by atoms with E-state index in [1.807, 2.05) is 37.3 Å². The zero-order valence-electron chi connectivity index (χ0n) is 17.3. The van der Waals surface area contributed by atoms with Gasteiger partial charge in [-0.1, -0.05) is 46.3 Å². The first-order valence-corrected chi connectivity index (χ1v) is 12.3. The highest BCUT2D eigenvalue weighted by Gasteiger charge is 2.28. The first-order valence-electron chi connectivity index (χ1n) is 10.00. The molecule has 4 aromatic rings. The van der Waals surface area contributed by atoms with Gasteiger partial charge in [0.15, 0.2) is 0 Å². The zero-order chi connectivity index (χ0) is 22.6. The molecule has 3 aromatic carbocycles. The lowest BCUT2D eigenvalue weighted by molar-refractivity contribution is 0.340. The van der Waals surface area contributed by atoms with E-state index >= 15 is 0 Å². The minimum absolute atomic E-state index is 0.0978. The molecule has 6 nitrogen and oxygen atoms in total. The van der Waals surface area contributed by atoms with E-state index < -0.39 is 9.84 Å². The van der Waals surface area contributed by atoms with Gasteiger partial charge in [0.1, 0.15) is 5.75 Å². The zero-order valence-corrected chi connectivity index (χ0v) is 19.7. The summed E-state index contributed by atoms with van der Waals surface area (Å²) >= 11 is 3.33. The Morgan fingerprint density at radius 3 is 2.31 bits per heavy atom. The summed E-state index contributed by atoms with van der Waals surface area (Å²) in [5, 5.41) is 2.94. The van der Waals surface area contributed by atoms with Crippen molar-refractivity contribution in [1.29, 1.82) is 0 Å². The first-order chi connectivity index (χ1) is 15.5. The van der Waals surface area contributed by atoms with Gasteiger partial charge in [0.25, 0.3) is 0 Å². The molecule has 0 aliphatic carbocycles. The fourth-order valence-electron chi connectivity index (χ4n) is 3.09. The molecule has 1 N–H and O–H groups in total. The standard InChI is InChI=1S/C24H21BrN2O4S/c1-2-30-20-12-8-18(9-13-20)22-27-24(32(28,29)21-14-10-19(25)11-15-21)23(31-22)26-16-17-6-4-3-5-7-17/h3-15,26H,2,16H2,1H3. The minimum atomic E-state index is -3.91. The Morgan fingerprint density at radius 1 is 0.969 bits per heavy atom. The monoisotopic (exact) mass is 512 g/mol. The molecule has 0 saturated carbocycles. The molecule has 0 amide bonds. The molecule has 0 fully saturated rings. The van der Waals surface area contributed by atoms with E-state index in [0.717, 1.165) is 10.0 Å². The SMILES string of the molecule is CCOc1ccc(-c2nc(S(=O)(=O)c3ccc(Br)cc3)c(NCc3ccccc3)o2)cc1. The van der Waals surface area contributed by atoms with Crippen LogP contribution in [0.2, 0.25) is 0 Å². The third kappa shape index (κ3) is 4.87. The van der Waals surface area contributed by atoms with Crippen LogP contribution in [0.4, 0.5) is 5.88 Å². The molecule has 4 rings (SSSR count). The maximum atomic E-state index is 13.4. The maximum Gasteiger partial charge on any atom is 0.234 e. The summed E-state index contributed by atoms with van der Waals surface area (Å²) in [5.74, 6) is 1.02. The summed E-state index contributed by atoms with van der Waals surface area (Å²) in [5.41, 5.74) is 1.63. The number of aromatic nitrogens is 1. The van der Waals surface area contributed by atoms with E-state index in [0.29, 0.717) is 24.5 Å². The van der Waals surface area contributed by atoms with Crippen LogP contribution in [0.3, 0.4) is 0 Å². The van der Waals surface area contributed by atoms with Crippen LogP contribution in [0, 0.1) is 0 Å². The number of halogens is 1. The number of nitrogens with zero attached hydrogens (tertiary/aromatic N) is 1. The predicted octanol–water partition coefficient (Wildman–Crippen LogP) is 5.95. The third-order valence-corrected chi connectivity index (χ3v) is 6.89. The Kier molecular flexibility index (Phi) is 6.62. The van der Waals surface area contributed by atoms with Crippen LogP contribution >= 0.6 is 15.9 Å². The molecule has 1 aromatic heterocycles. The molecular formula is C24H21BrN2O4S. The summed E-state index contributed by atoms with van der Waals surface area (Å²) < 4.78 is 38.9. The lowest BCUT2D eigenvalue weighted by Crippen LogP contribution is -2.07. The van der Waals surface area contributed by atoms with Gasteiger partial charge < -0.3 is 14.5 Å². The molecular weight excluding hydrogens is 492 g/mol. The van der Waals surface area contributed by atoms with Crippen molar-refractivity contribution in [2.45, 2.75) is 23.4 Å². The van der Waals surface area contributed by atoms with Crippen LogP contribution in [-0.4, -0.2) is 20.0 Å². The maximum absolute atomic E-state index is 13.4. The summed E-state index contributed by atoms with van der Waals surface area (Å²) in [7, 11) is -3.91. The smallest absolute Gasteiger partial charge is 0.234 e. The Labute approximate surface area is 195 Å². The number of ether oxygens (including phenoxy) is 1. The largest absolute Gasteiger partial charge is 0.494 e. The Balaban J connectivity index is 1.73. The van der Waals surface area contributed by atoms with Crippen LogP contribution in [0.5, 0.6) is 5.75 Å². The van der Waals surface area contributed by atoms with Crippen LogP contribution < -0.4 is 10.1 Å². The lowest BCUT2D eigenvalue weighted by atomic mass is 10.2. The Hall–Kier alpha value is -3.10. The summed E-state index contributed by atoms with van der Waals surface area (Å²) in [4.78, 5) is 4.50. The molecule has 0 radical (unpaired) electrons. The molecule has 8 heteroatoms. The average Bonchev–Trinajstić information content (AvgIpc) is 3.25. The van der Waals surface area contributed by atoms with Crippen molar-refractivity contribution in [3.63, 3.8) is 0 Å². The number of hydrogen-bond acceptors (Lipinski definition) is 6. The minimum Gasteiger partial charge on any atom is -0.494 e. The van der Waals surface area contributed by atoms with Gasteiger partial charge in [-0.3, -0.25) is 0 Å². The highest BCUT2D eigenvalue weighted by atomic mass is 79.9. The molecule has 0 atom stereocenters. The van der Waals surface area contributed by atoms with Gasteiger partial charge in [-0.25, -0.2) is 8.42 Å². The van der Waals surface area contributed by atoms with Crippen LogP contribution in [0.15, 0.2) is 97.7 Å². The second-order valence-electron chi connectivity index (χ2n) is 6.91. The van der Waals surface area contributed by atoms with Crippen molar-refractivity contribution < 1.29 is 17.6 Å². The lowest BCUT2D eigenvalue weighted by Gasteiger charge is -2.06. The predicted molar refractivity (Wildman–Crippen MR) is 126 cm³/mol. The average molecular weight is 513 g/mol. The quantitative estimate of drug-likeness (QED) is 0.314. The van der Waals surface area contributed by atoms with E-state index in [-0.39, 0.29) is 21.7 Å². The number of benzene rings is 3. The molecule has 0 unspecified atom stereocenters. The summed E-state index contributed by atoms with van der Waals surface area (Å²) in [6.45, 7) is 2.86. The highest BCUT2D eigenvalue weighted by molar-refractivity contribution is 9.10. The van der Waals surface area contributed by atoms with E-state index in [4.69, 9.17) is 9.15 Å². The van der Waals surface area contributed by atoms with Crippen molar-refractivity contribution in [3.8, 4) is 17.2 Å². The highest BCUT2D eigenvalue weighted by Crippen LogP contribution is 2.33. The fraction of sp³-hybridized carbons (Fsp3) is 0.125. The van der Waals surface area contributed by atoms with Gasteiger partial charge in [-0.2, -0.15) is 4.98 Å². The van der Waals surface area contributed by atoms with Gasteiger partial charge in [-0.05, 0) is 61.0 Å². The van der Waals surface area contributed by atoms with Crippen LogP contribution in [0.25, 0.3) is 11.5 Å². The van der Waals surface area contributed by atoms with Gasteiger partial charge in [-0.15, -0.1) is 0 Å².